The second-order valence-electron chi connectivity index (χ2n) is 4.36. The van der Waals surface area contributed by atoms with Gasteiger partial charge in [-0.15, -0.1) is 11.3 Å². The fourth-order valence-electron chi connectivity index (χ4n) is 2.17. The van der Waals surface area contributed by atoms with Crippen molar-refractivity contribution in [3.63, 3.8) is 0 Å². The van der Waals surface area contributed by atoms with Crippen LogP contribution in [-0.2, 0) is 0 Å². The number of ether oxygens (including phenoxy) is 3. The molecular weight excluding hydrogens is 296 g/mol. The summed E-state index contributed by atoms with van der Waals surface area (Å²) >= 11 is 1.18. The summed E-state index contributed by atoms with van der Waals surface area (Å²) in [5.41, 5.74) is 0.574. The molecule has 21 heavy (non-hydrogen) atoms. The molecule has 6 nitrogen and oxygen atoms in total. The maximum atomic E-state index is 11.2. The third-order valence-corrected chi connectivity index (χ3v) is 4.14. The first-order valence-corrected chi connectivity index (χ1v) is 6.96. The van der Waals surface area contributed by atoms with Crippen molar-refractivity contribution in [1.82, 2.24) is 0 Å². The zero-order valence-electron chi connectivity index (χ0n) is 11.0. The number of carbonyl (C=O) groups is 1. The van der Waals surface area contributed by atoms with Crippen LogP contribution in [0.4, 0.5) is 0 Å². The highest BCUT2D eigenvalue weighted by Gasteiger charge is 2.25. The fraction of sp³-hybridized carbons (Fsp3) is 0.214. The number of methoxy groups -OCH3 is 1. The number of carboxylic acid groups (broad SMARTS) is 1. The summed E-state index contributed by atoms with van der Waals surface area (Å²) in [6, 6.07) is 4.71. The molecule has 3 rings (SSSR count). The molecule has 0 bridgehead atoms. The van der Waals surface area contributed by atoms with Crippen LogP contribution in [0.1, 0.15) is 26.9 Å². The average Bonchev–Trinajstić information content (AvgIpc) is 3.13. The van der Waals surface area contributed by atoms with Crippen molar-refractivity contribution in [2.45, 2.75) is 6.10 Å². The Labute approximate surface area is 124 Å². The normalized spacial score (nSPS) is 14.0. The summed E-state index contributed by atoms with van der Waals surface area (Å²) in [6.07, 6.45) is -1.07. The fourth-order valence-corrected chi connectivity index (χ4v) is 3.07. The summed E-state index contributed by atoms with van der Waals surface area (Å²) in [6.45, 7) is 0.0879. The van der Waals surface area contributed by atoms with E-state index in [0.29, 0.717) is 27.7 Å². The van der Waals surface area contributed by atoms with Crippen molar-refractivity contribution in [3.8, 4) is 17.2 Å². The standard InChI is InChI=1S/C14H12O6S/c1-18-9-4-7(5-10-12(9)20-6-19-10)11(15)13-8(14(16)17)2-3-21-13/h2-5,11,15H,6H2,1H3,(H,16,17). The largest absolute Gasteiger partial charge is 0.493 e. The zero-order valence-corrected chi connectivity index (χ0v) is 11.8. The van der Waals surface area contributed by atoms with Gasteiger partial charge >= 0.3 is 5.97 Å². The quantitative estimate of drug-likeness (QED) is 0.901. The molecule has 7 heteroatoms. The Morgan fingerprint density at radius 3 is 2.95 bits per heavy atom. The van der Waals surface area contributed by atoms with Gasteiger partial charge in [0.1, 0.15) is 6.10 Å². The van der Waals surface area contributed by atoms with Crippen LogP contribution in [0.25, 0.3) is 0 Å². The van der Waals surface area contributed by atoms with Gasteiger partial charge in [-0.3, -0.25) is 0 Å². The molecule has 0 radical (unpaired) electrons. The number of fused-ring (bicyclic) bond motifs is 1. The van der Waals surface area contributed by atoms with E-state index in [0.717, 1.165) is 0 Å². The van der Waals surface area contributed by atoms with Crippen LogP contribution in [0, 0.1) is 0 Å². The van der Waals surface area contributed by atoms with Crippen LogP contribution in [0.3, 0.4) is 0 Å². The van der Waals surface area contributed by atoms with Gasteiger partial charge in [-0.2, -0.15) is 0 Å². The lowest BCUT2D eigenvalue weighted by atomic mass is 10.0. The zero-order chi connectivity index (χ0) is 15.0. The second kappa shape index (κ2) is 5.27. The smallest absolute Gasteiger partial charge is 0.336 e. The first-order valence-electron chi connectivity index (χ1n) is 6.08. The molecule has 2 N–H and O–H groups in total. The minimum atomic E-state index is -1.07. The van der Waals surface area contributed by atoms with Gasteiger partial charge in [0.05, 0.1) is 17.6 Å². The molecule has 0 saturated carbocycles. The highest BCUT2D eigenvalue weighted by atomic mass is 32.1. The number of aromatic carboxylic acids is 1. The van der Waals surface area contributed by atoms with Gasteiger partial charge in [0.15, 0.2) is 11.5 Å². The number of thiophene rings is 1. The van der Waals surface area contributed by atoms with E-state index in [1.54, 1.807) is 17.5 Å². The Hall–Kier alpha value is -2.25. The Morgan fingerprint density at radius 1 is 1.43 bits per heavy atom. The van der Waals surface area contributed by atoms with Crippen molar-refractivity contribution in [2.75, 3.05) is 13.9 Å². The predicted molar refractivity (Wildman–Crippen MR) is 74.5 cm³/mol. The van der Waals surface area contributed by atoms with E-state index in [1.165, 1.54) is 24.5 Å². The van der Waals surface area contributed by atoms with Crippen molar-refractivity contribution in [3.05, 3.63) is 39.6 Å². The van der Waals surface area contributed by atoms with Gasteiger partial charge in [0, 0.05) is 0 Å². The SMILES string of the molecule is COc1cc(C(O)c2sccc2C(=O)O)cc2c1OCO2. The van der Waals surface area contributed by atoms with E-state index in [4.69, 9.17) is 19.3 Å². The van der Waals surface area contributed by atoms with Crippen molar-refractivity contribution in [1.29, 1.82) is 0 Å². The van der Waals surface area contributed by atoms with E-state index in [9.17, 15) is 9.90 Å². The van der Waals surface area contributed by atoms with E-state index in [-0.39, 0.29) is 12.4 Å². The van der Waals surface area contributed by atoms with Crippen LogP contribution in [0.15, 0.2) is 23.6 Å². The highest BCUT2D eigenvalue weighted by molar-refractivity contribution is 7.10. The summed E-state index contributed by atoms with van der Waals surface area (Å²) < 4.78 is 15.8. The van der Waals surface area contributed by atoms with Crippen molar-refractivity contribution in [2.24, 2.45) is 0 Å². The molecule has 110 valence electrons. The van der Waals surface area contributed by atoms with Crippen molar-refractivity contribution >= 4 is 17.3 Å². The summed E-state index contributed by atoms with van der Waals surface area (Å²) in [7, 11) is 1.49. The van der Waals surface area contributed by atoms with Crippen LogP contribution in [0.2, 0.25) is 0 Å². The first-order chi connectivity index (χ1) is 10.1. The Morgan fingerprint density at radius 2 is 2.24 bits per heavy atom. The van der Waals surface area contributed by atoms with Gasteiger partial charge < -0.3 is 24.4 Å². The van der Waals surface area contributed by atoms with E-state index in [1.807, 2.05) is 0 Å². The van der Waals surface area contributed by atoms with Crippen LogP contribution >= 0.6 is 11.3 Å². The molecule has 0 amide bonds. The van der Waals surface area contributed by atoms with Crippen molar-refractivity contribution < 1.29 is 29.2 Å². The van der Waals surface area contributed by atoms with E-state index in [2.05, 4.69) is 0 Å². The molecular formula is C14H12O6S. The van der Waals surface area contributed by atoms with Gasteiger partial charge in [0.25, 0.3) is 0 Å². The molecule has 0 aliphatic carbocycles. The number of carboxylic acids is 1. The summed E-state index contributed by atoms with van der Waals surface area (Å²) in [4.78, 5) is 11.5. The van der Waals surface area contributed by atoms with Gasteiger partial charge in [-0.05, 0) is 29.1 Å². The highest BCUT2D eigenvalue weighted by Crippen LogP contribution is 2.44. The molecule has 2 aromatic rings. The summed E-state index contributed by atoms with van der Waals surface area (Å²) in [5, 5.41) is 21.2. The predicted octanol–water partition coefficient (Wildman–Crippen LogP) is 2.27. The molecule has 0 saturated heterocycles. The Kier molecular flexibility index (Phi) is 3.44. The number of hydrogen-bond acceptors (Lipinski definition) is 6. The third-order valence-electron chi connectivity index (χ3n) is 3.17. The lowest BCUT2D eigenvalue weighted by Gasteiger charge is -2.13. The monoisotopic (exact) mass is 308 g/mol. The minimum absolute atomic E-state index is 0.0872. The van der Waals surface area contributed by atoms with Gasteiger partial charge in [0.2, 0.25) is 12.5 Å². The third kappa shape index (κ3) is 2.30. The van der Waals surface area contributed by atoms with Crippen LogP contribution < -0.4 is 14.2 Å². The molecule has 0 spiro atoms. The van der Waals surface area contributed by atoms with Gasteiger partial charge in [-0.25, -0.2) is 4.79 Å². The first kappa shape index (κ1) is 13.7. The maximum absolute atomic E-state index is 11.2. The molecule has 0 fully saturated rings. The van der Waals surface area contributed by atoms with E-state index < -0.39 is 12.1 Å². The van der Waals surface area contributed by atoms with Crippen LogP contribution in [-0.4, -0.2) is 30.1 Å². The molecule has 2 heterocycles. The Balaban J connectivity index is 2.04. The molecule has 1 aromatic heterocycles. The number of aliphatic hydroxyl groups is 1. The second-order valence-corrected chi connectivity index (χ2v) is 5.31. The molecule has 1 unspecified atom stereocenters. The topological polar surface area (TPSA) is 85.2 Å². The number of aliphatic hydroxyl groups excluding tert-OH is 1. The average molecular weight is 308 g/mol. The number of benzene rings is 1. The molecule has 1 atom stereocenters. The van der Waals surface area contributed by atoms with Crippen LogP contribution in [0.5, 0.6) is 17.2 Å². The Bertz CT molecular complexity index is 693. The molecule has 1 aliphatic heterocycles. The molecule has 1 aromatic carbocycles. The number of hydrogen-bond donors (Lipinski definition) is 2. The van der Waals surface area contributed by atoms with Gasteiger partial charge in [-0.1, -0.05) is 0 Å². The lowest BCUT2D eigenvalue weighted by Crippen LogP contribution is -2.05. The number of rotatable bonds is 4. The maximum Gasteiger partial charge on any atom is 0.336 e. The molecule has 1 aliphatic rings. The minimum Gasteiger partial charge on any atom is -0.493 e. The summed E-state index contributed by atoms with van der Waals surface area (Å²) in [5.74, 6) is 0.320. The lowest BCUT2D eigenvalue weighted by molar-refractivity contribution is 0.0692. The van der Waals surface area contributed by atoms with E-state index >= 15 is 0 Å².